The van der Waals surface area contributed by atoms with Gasteiger partial charge in [0.2, 0.25) is 0 Å². The first-order valence-corrected chi connectivity index (χ1v) is 6.25. The van der Waals surface area contributed by atoms with E-state index in [4.69, 9.17) is 11.6 Å². The fourth-order valence-corrected chi connectivity index (χ4v) is 1.66. The molecule has 96 valence electrons. The van der Waals surface area contributed by atoms with E-state index in [0.29, 0.717) is 17.0 Å². The van der Waals surface area contributed by atoms with E-state index in [2.05, 4.69) is 10.5 Å². The molecule has 4 heteroatoms. The van der Waals surface area contributed by atoms with Crippen LogP contribution in [0.5, 0.6) is 0 Å². The number of carbonyl (C=O) groups is 1. The predicted octanol–water partition coefficient (Wildman–Crippen LogP) is 3.30. The summed E-state index contributed by atoms with van der Waals surface area (Å²) in [5.74, 6) is -0.249. The number of hydrogen-bond acceptors (Lipinski definition) is 2. The van der Waals surface area contributed by atoms with Crippen LogP contribution in [0, 0.1) is 0 Å². The van der Waals surface area contributed by atoms with E-state index in [1.807, 2.05) is 30.3 Å². The number of amides is 1. The zero-order valence-corrected chi connectivity index (χ0v) is 11.0. The number of nitrogens with zero attached hydrogens (tertiary/aromatic N) is 1. The van der Waals surface area contributed by atoms with Gasteiger partial charge in [0.05, 0.1) is 0 Å². The molecule has 0 aliphatic rings. The van der Waals surface area contributed by atoms with E-state index < -0.39 is 0 Å². The maximum atomic E-state index is 11.7. The van der Waals surface area contributed by atoms with E-state index in [-0.39, 0.29) is 5.91 Å². The van der Waals surface area contributed by atoms with Gasteiger partial charge < -0.3 is 0 Å². The van der Waals surface area contributed by atoms with Gasteiger partial charge in [-0.3, -0.25) is 4.79 Å². The quantitative estimate of drug-likeness (QED) is 0.673. The SMILES string of the molecule is O=C(N/N=C\Cc1ccccc1)c1ccc(Cl)cc1. The summed E-state index contributed by atoms with van der Waals surface area (Å²) in [6.45, 7) is 0. The van der Waals surface area contributed by atoms with Gasteiger partial charge in [-0.2, -0.15) is 5.10 Å². The Balaban J connectivity index is 1.85. The molecule has 0 aliphatic heterocycles. The highest BCUT2D eigenvalue weighted by Gasteiger charge is 2.02. The molecule has 0 atom stereocenters. The Hall–Kier alpha value is -2.13. The summed E-state index contributed by atoms with van der Waals surface area (Å²) in [5.41, 5.74) is 4.15. The molecule has 2 rings (SSSR count). The Labute approximate surface area is 116 Å². The van der Waals surface area contributed by atoms with Crippen LogP contribution in [0.1, 0.15) is 15.9 Å². The Morgan fingerprint density at radius 1 is 1.11 bits per heavy atom. The molecule has 0 radical (unpaired) electrons. The zero-order valence-electron chi connectivity index (χ0n) is 10.2. The molecule has 2 aromatic carbocycles. The van der Waals surface area contributed by atoms with E-state index in [1.54, 1.807) is 30.5 Å². The number of carbonyl (C=O) groups excluding carboxylic acids is 1. The molecule has 2 aromatic rings. The number of rotatable bonds is 4. The molecule has 0 spiro atoms. The van der Waals surface area contributed by atoms with Crippen molar-refractivity contribution >= 4 is 23.7 Å². The van der Waals surface area contributed by atoms with Crippen LogP contribution in [0.4, 0.5) is 0 Å². The first kappa shape index (κ1) is 13.3. The summed E-state index contributed by atoms with van der Waals surface area (Å²) < 4.78 is 0. The first-order valence-electron chi connectivity index (χ1n) is 5.87. The third-order valence-corrected chi connectivity index (χ3v) is 2.79. The highest BCUT2D eigenvalue weighted by Crippen LogP contribution is 2.09. The van der Waals surface area contributed by atoms with Crippen molar-refractivity contribution in [3.8, 4) is 0 Å². The molecule has 0 unspecified atom stereocenters. The fourth-order valence-electron chi connectivity index (χ4n) is 1.54. The van der Waals surface area contributed by atoms with E-state index >= 15 is 0 Å². The molecule has 0 saturated carbocycles. The predicted molar refractivity (Wildman–Crippen MR) is 77.6 cm³/mol. The van der Waals surface area contributed by atoms with Gasteiger partial charge >= 0.3 is 0 Å². The van der Waals surface area contributed by atoms with Gasteiger partial charge in [-0.15, -0.1) is 0 Å². The monoisotopic (exact) mass is 272 g/mol. The molecular weight excluding hydrogens is 260 g/mol. The molecule has 0 aliphatic carbocycles. The van der Waals surface area contributed by atoms with Crippen LogP contribution in [-0.2, 0) is 6.42 Å². The van der Waals surface area contributed by atoms with E-state index in [9.17, 15) is 4.79 Å². The van der Waals surface area contributed by atoms with Gasteiger partial charge in [-0.1, -0.05) is 41.9 Å². The second-order valence-electron chi connectivity index (χ2n) is 3.95. The lowest BCUT2D eigenvalue weighted by atomic mass is 10.2. The van der Waals surface area contributed by atoms with Gasteiger partial charge in [0.1, 0.15) is 0 Å². The van der Waals surface area contributed by atoms with Gasteiger partial charge in [0, 0.05) is 23.2 Å². The third-order valence-electron chi connectivity index (χ3n) is 2.53. The summed E-state index contributed by atoms with van der Waals surface area (Å²) in [6.07, 6.45) is 2.35. The topological polar surface area (TPSA) is 41.5 Å². The van der Waals surface area contributed by atoms with Crippen LogP contribution >= 0.6 is 11.6 Å². The molecule has 1 amide bonds. The molecule has 0 aromatic heterocycles. The van der Waals surface area contributed by atoms with E-state index in [1.165, 1.54) is 0 Å². The highest BCUT2D eigenvalue weighted by molar-refractivity contribution is 6.30. The molecular formula is C15H13ClN2O. The number of hydrazone groups is 1. The van der Waals surface area contributed by atoms with Crippen molar-refractivity contribution in [1.29, 1.82) is 0 Å². The number of benzene rings is 2. The van der Waals surface area contributed by atoms with Crippen LogP contribution in [0.2, 0.25) is 5.02 Å². The van der Waals surface area contributed by atoms with Crippen LogP contribution in [0.3, 0.4) is 0 Å². The van der Waals surface area contributed by atoms with Gasteiger partial charge in [-0.05, 0) is 29.8 Å². The Morgan fingerprint density at radius 2 is 1.79 bits per heavy atom. The van der Waals surface area contributed by atoms with Crippen molar-refractivity contribution in [2.75, 3.05) is 0 Å². The smallest absolute Gasteiger partial charge is 0.267 e. The standard InChI is InChI=1S/C15H13ClN2O/c16-14-8-6-13(7-9-14)15(19)18-17-11-10-12-4-2-1-3-5-12/h1-9,11H,10H2,(H,18,19)/b17-11-. The molecule has 1 N–H and O–H groups in total. The lowest BCUT2D eigenvalue weighted by molar-refractivity contribution is 0.0955. The summed E-state index contributed by atoms with van der Waals surface area (Å²) >= 11 is 5.75. The summed E-state index contributed by atoms with van der Waals surface area (Å²) in [5, 5.41) is 4.51. The number of halogens is 1. The maximum Gasteiger partial charge on any atom is 0.271 e. The zero-order chi connectivity index (χ0) is 13.5. The van der Waals surface area contributed by atoms with Crippen LogP contribution in [0.15, 0.2) is 59.7 Å². The average molecular weight is 273 g/mol. The summed E-state index contributed by atoms with van der Waals surface area (Å²) in [4.78, 5) is 11.7. The lowest BCUT2D eigenvalue weighted by Gasteiger charge is -1.99. The van der Waals surface area contributed by atoms with Crippen molar-refractivity contribution in [3.05, 3.63) is 70.7 Å². The largest absolute Gasteiger partial charge is 0.271 e. The van der Waals surface area contributed by atoms with Gasteiger partial charge in [0.25, 0.3) is 5.91 Å². The Bertz CT molecular complexity index is 564. The second-order valence-corrected chi connectivity index (χ2v) is 4.39. The van der Waals surface area contributed by atoms with Gasteiger partial charge in [-0.25, -0.2) is 5.43 Å². The third kappa shape index (κ3) is 4.23. The first-order chi connectivity index (χ1) is 9.25. The fraction of sp³-hybridized carbons (Fsp3) is 0.0667. The summed E-state index contributed by atoms with van der Waals surface area (Å²) in [6, 6.07) is 16.6. The van der Waals surface area contributed by atoms with Crippen LogP contribution in [-0.4, -0.2) is 12.1 Å². The Morgan fingerprint density at radius 3 is 2.47 bits per heavy atom. The van der Waals surface area contributed by atoms with Crippen LogP contribution in [0.25, 0.3) is 0 Å². The van der Waals surface area contributed by atoms with Gasteiger partial charge in [0.15, 0.2) is 0 Å². The number of nitrogens with one attached hydrogen (secondary N) is 1. The minimum atomic E-state index is -0.249. The maximum absolute atomic E-state index is 11.7. The lowest BCUT2D eigenvalue weighted by Crippen LogP contribution is -2.17. The van der Waals surface area contributed by atoms with Crippen molar-refractivity contribution < 1.29 is 4.79 Å². The molecule has 0 fully saturated rings. The molecule has 3 nitrogen and oxygen atoms in total. The highest BCUT2D eigenvalue weighted by atomic mass is 35.5. The van der Waals surface area contributed by atoms with Crippen molar-refractivity contribution in [2.24, 2.45) is 5.10 Å². The van der Waals surface area contributed by atoms with Crippen molar-refractivity contribution in [1.82, 2.24) is 5.43 Å². The molecule has 0 heterocycles. The second kappa shape index (κ2) is 6.71. The molecule has 0 bridgehead atoms. The minimum absolute atomic E-state index is 0.249. The van der Waals surface area contributed by atoms with Crippen LogP contribution < -0.4 is 5.43 Å². The average Bonchev–Trinajstić information content (AvgIpc) is 2.45. The molecule has 19 heavy (non-hydrogen) atoms. The summed E-state index contributed by atoms with van der Waals surface area (Å²) in [7, 11) is 0. The Kier molecular flexibility index (Phi) is 4.70. The van der Waals surface area contributed by atoms with E-state index in [0.717, 1.165) is 5.56 Å². The normalized spacial score (nSPS) is 10.6. The minimum Gasteiger partial charge on any atom is -0.267 e. The number of hydrogen-bond donors (Lipinski definition) is 1. The molecule has 0 saturated heterocycles. The van der Waals surface area contributed by atoms with Crippen molar-refractivity contribution in [2.45, 2.75) is 6.42 Å². The van der Waals surface area contributed by atoms with Crippen molar-refractivity contribution in [3.63, 3.8) is 0 Å².